The van der Waals surface area contributed by atoms with Crippen molar-refractivity contribution >= 4 is 36.4 Å². The Morgan fingerprint density at radius 2 is 0.825 bits per heavy atom. The molecule has 0 N–H and O–H groups in total. The second-order valence-electron chi connectivity index (χ2n) is 8.85. The van der Waals surface area contributed by atoms with E-state index < -0.39 is 103 Å². The summed E-state index contributed by atoms with van der Waals surface area (Å²) >= 11 is 0. The normalized spacial score (nSPS) is 27.4. The van der Waals surface area contributed by atoms with Gasteiger partial charge >= 0.3 is 56.2 Å². The monoisotopic (exact) mass is 700 g/mol. The lowest BCUT2D eigenvalue weighted by Gasteiger charge is -2.43. The van der Waals surface area contributed by atoms with E-state index in [4.69, 9.17) is 16.5 Å². The molecular weight excluding hydrogens is 679 g/mol. The summed E-state index contributed by atoms with van der Waals surface area (Å²) in [5.41, 5.74) is 0. The standard InChI is InChI=1S/C15H21F17O4Si4/c1-37-33-38(2)35-40(4,36-39(3)34-37)7-5-6-8(16,17)9(18,19)10(20,21)11(22,23)12(24,25)13(26,27)14(28,29)15(30,31)32/h37-39H,5-7H2,1-4H3. The summed E-state index contributed by atoms with van der Waals surface area (Å²) in [6, 6.07) is -0.732. The Bertz CT molecular complexity index is 873. The minimum absolute atomic E-state index is 0.732. The summed E-state index contributed by atoms with van der Waals surface area (Å²) in [5.74, 6) is -56.3. The zero-order valence-corrected chi connectivity index (χ0v) is 24.9. The first-order chi connectivity index (χ1) is 17.3. The lowest BCUT2D eigenvalue weighted by Crippen LogP contribution is -2.74. The van der Waals surface area contributed by atoms with E-state index >= 15 is 0 Å². The van der Waals surface area contributed by atoms with Crippen LogP contribution in [0.1, 0.15) is 12.8 Å². The van der Waals surface area contributed by atoms with Crippen molar-refractivity contribution in [3.8, 4) is 0 Å². The van der Waals surface area contributed by atoms with E-state index in [1.54, 1.807) is 6.55 Å². The van der Waals surface area contributed by atoms with Gasteiger partial charge in [0.05, 0.1) is 0 Å². The van der Waals surface area contributed by atoms with Crippen LogP contribution in [-0.2, 0) is 16.5 Å². The molecule has 0 aromatic rings. The van der Waals surface area contributed by atoms with E-state index in [0.29, 0.717) is 0 Å². The van der Waals surface area contributed by atoms with Gasteiger partial charge in [-0.15, -0.1) is 0 Å². The second kappa shape index (κ2) is 11.2. The zero-order chi connectivity index (χ0) is 32.2. The molecule has 0 aromatic carbocycles. The van der Waals surface area contributed by atoms with Gasteiger partial charge in [-0.25, -0.2) is 0 Å². The molecule has 0 spiro atoms. The minimum atomic E-state index is -8.63. The van der Waals surface area contributed by atoms with E-state index in [1.165, 1.54) is 19.6 Å². The largest absolute Gasteiger partial charge is 0.460 e. The Hall–Kier alpha value is -0.482. The summed E-state index contributed by atoms with van der Waals surface area (Å²) < 4.78 is 249. The van der Waals surface area contributed by atoms with Crippen LogP contribution in [0.2, 0.25) is 32.2 Å². The molecule has 1 aliphatic rings. The fraction of sp³-hybridized carbons (Fsp3) is 1.00. The van der Waals surface area contributed by atoms with Gasteiger partial charge in [-0.05, 0) is 38.7 Å². The molecule has 240 valence electrons. The SMILES string of the molecule is C[SiH]1O[SiH](C)O[Si](C)(CCCC(F)(F)C(F)(F)C(F)(F)C(F)(F)C(F)(F)C(F)(F)C(F)(F)C(F)(F)F)O[SiH](C)O1. The average Bonchev–Trinajstić information content (AvgIpc) is 2.70. The fourth-order valence-electron chi connectivity index (χ4n) is 3.46. The van der Waals surface area contributed by atoms with Crippen molar-refractivity contribution in [3.05, 3.63) is 0 Å². The first kappa shape index (κ1) is 37.5. The van der Waals surface area contributed by atoms with Gasteiger partial charge in [0.1, 0.15) is 0 Å². The Balaban J connectivity index is 3.29. The highest BCUT2D eigenvalue weighted by atomic mass is 28.5. The third-order valence-corrected chi connectivity index (χ3v) is 19.5. The van der Waals surface area contributed by atoms with Gasteiger partial charge in [-0.3, -0.25) is 0 Å². The van der Waals surface area contributed by atoms with Crippen LogP contribution in [0.25, 0.3) is 0 Å². The first-order valence-corrected chi connectivity index (χ1v) is 19.5. The van der Waals surface area contributed by atoms with Crippen LogP contribution in [0.15, 0.2) is 0 Å². The third-order valence-electron chi connectivity index (χ3n) is 5.51. The van der Waals surface area contributed by atoms with Crippen molar-refractivity contribution in [1.29, 1.82) is 0 Å². The molecule has 0 aromatic heterocycles. The third kappa shape index (κ3) is 6.39. The van der Waals surface area contributed by atoms with Crippen LogP contribution >= 0.6 is 0 Å². The highest BCUT2D eigenvalue weighted by molar-refractivity contribution is 6.81. The van der Waals surface area contributed by atoms with Crippen LogP contribution in [0.4, 0.5) is 74.6 Å². The number of hydrogen-bond acceptors (Lipinski definition) is 4. The Morgan fingerprint density at radius 3 is 1.18 bits per heavy atom. The molecule has 0 saturated carbocycles. The van der Waals surface area contributed by atoms with Crippen molar-refractivity contribution in [3.63, 3.8) is 0 Å². The van der Waals surface area contributed by atoms with Crippen molar-refractivity contribution in [1.82, 2.24) is 0 Å². The molecule has 0 bridgehead atoms. The lowest BCUT2D eigenvalue weighted by atomic mass is 9.88. The molecule has 1 aliphatic heterocycles. The van der Waals surface area contributed by atoms with E-state index in [2.05, 4.69) is 0 Å². The topological polar surface area (TPSA) is 36.9 Å². The van der Waals surface area contributed by atoms with Crippen LogP contribution in [-0.4, -0.2) is 84.0 Å². The van der Waals surface area contributed by atoms with E-state index in [-0.39, 0.29) is 0 Å². The van der Waals surface area contributed by atoms with Crippen molar-refractivity contribution in [2.75, 3.05) is 0 Å². The molecule has 40 heavy (non-hydrogen) atoms. The molecule has 1 rings (SSSR count). The fourth-order valence-corrected chi connectivity index (χ4v) is 18.2. The zero-order valence-electron chi connectivity index (χ0n) is 20.4. The molecule has 0 radical (unpaired) electrons. The highest BCUT2D eigenvalue weighted by Crippen LogP contribution is 2.64. The number of halogens is 17. The average molecular weight is 701 g/mol. The predicted octanol–water partition coefficient (Wildman–Crippen LogP) is 6.48. The van der Waals surface area contributed by atoms with Crippen molar-refractivity contribution < 1.29 is 91.1 Å². The molecule has 2 unspecified atom stereocenters. The van der Waals surface area contributed by atoms with E-state index in [0.717, 1.165) is 0 Å². The Labute approximate surface area is 220 Å². The number of alkyl halides is 17. The Kier molecular flexibility index (Phi) is 10.5. The van der Waals surface area contributed by atoms with Gasteiger partial charge in [-0.2, -0.15) is 74.6 Å². The molecular formula is C15H21F17O4Si4. The maximum Gasteiger partial charge on any atom is 0.460 e. The molecule has 1 saturated heterocycles. The highest BCUT2D eigenvalue weighted by Gasteiger charge is 2.95. The summed E-state index contributed by atoms with van der Waals surface area (Å²) in [6.07, 6.45) is -11.6. The van der Waals surface area contributed by atoms with Gasteiger partial charge in [0.2, 0.25) is 0 Å². The predicted molar refractivity (Wildman–Crippen MR) is 110 cm³/mol. The minimum Gasteiger partial charge on any atom is -0.420 e. The van der Waals surface area contributed by atoms with Crippen LogP contribution < -0.4 is 0 Å². The first-order valence-electron chi connectivity index (χ1n) is 10.7. The molecule has 4 nitrogen and oxygen atoms in total. The van der Waals surface area contributed by atoms with Gasteiger partial charge in [-0.1, -0.05) is 0 Å². The molecule has 0 aliphatic carbocycles. The van der Waals surface area contributed by atoms with Gasteiger partial charge in [0.25, 0.3) is 27.9 Å². The molecule has 1 heterocycles. The summed E-state index contributed by atoms with van der Waals surface area (Å²) in [6.45, 7) is 5.66. The van der Waals surface area contributed by atoms with Crippen LogP contribution in [0.3, 0.4) is 0 Å². The number of rotatable bonds is 10. The van der Waals surface area contributed by atoms with E-state index in [9.17, 15) is 74.6 Å². The summed E-state index contributed by atoms with van der Waals surface area (Å²) in [7, 11) is -11.0. The molecule has 1 fully saturated rings. The summed E-state index contributed by atoms with van der Waals surface area (Å²) in [5, 5.41) is 0. The molecule has 0 amide bonds. The van der Waals surface area contributed by atoms with E-state index in [1.807, 2.05) is 0 Å². The second-order valence-corrected chi connectivity index (χ2v) is 19.1. The quantitative estimate of drug-likeness (QED) is 0.193. The van der Waals surface area contributed by atoms with Crippen LogP contribution in [0, 0.1) is 0 Å². The maximum absolute atomic E-state index is 14.1. The molecule has 25 heteroatoms. The smallest absolute Gasteiger partial charge is 0.420 e. The van der Waals surface area contributed by atoms with Crippen LogP contribution in [0.5, 0.6) is 0 Å². The number of hydrogen-bond donors (Lipinski definition) is 0. The summed E-state index contributed by atoms with van der Waals surface area (Å²) in [4.78, 5) is 0. The van der Waals surface area contributed by atoms with Crippen molar-refractivity contribution in [2.24, 2.45) is 0 Å². The van der Waals surface area contributed by atoms with Gasteiger partial charge < -0.3 is 16.5 Å². The molecule has 2 atom stereocenters. The van der Waals surface area contributed by atoms with Crippen molar-refractivity contribution in [2.45, 2.75) is 92.7 Å². The maximum atomic E-state index is 14.1. The van der Waals surface area contributed by atoms with Gasteiger partial charge in [0.15, 0.2) is 0 Å². The van der Waals surface area contributed by atoms with Gasteiger partial charge in [0, 0.05) is 6.42 Å². The lowest BCUT2D eigenvalue weighted by molar-refractivity contribution is -0.461. The Morgan fingerprint density at radius 1 is 0.500 bits per heavy atom.